The van der Waals surface area contributed by atoms with E-state index in [0.717, 1.165) is 18.0 Å². The van der Waals surface area contributed by atoms with E-state index in [-0.39, 0.29) is 0 Å². The van der Waals surface area contributed by atoms with Crippen LogP contribution in [0.3, 0.4) is 0 Å². The summed E-state index contributed by atoms with van der Waals surface area (Å²) in [5, 5.41) is 7.72. The van der Waals surface area contributed by atoms with Crippen LogP contribution in [-0.4, -0.2) is 23.3 Å². The highest BCUT2D eigenvalue weighted by Gasteiger charge is 2.49. The molecule has 2 N–H and O–H groups in total. The number of nitrogens with one attached hydrogen (secondary N) is 2. The molecule has 1 aliphatic carbocycles. The van der Waals surface area contributed by atoms with Crippen LogP contribution in [0, 0.1) is 5.92 Å². The third-order valence-electron chi connectivity index (χ3n) is 6.32. The summed E-state index contributed by atoms with van der Waals surface area (Å²) in [6, 6.07) is 11.1. The lowest BCUT2D eigenvalue weighted by molar-refractivity contribution is -0.0635. The van der Waals surface area contributed by atoms with Crippen molar-refractivity contribution in [2.75, 3.05) is 5.32 Å². The molecule has 0 spiro atoms. The lowest BCUT2D eigenvalue weighted by atomic mass is 9.72. The molecule has 0 amide bonds. The summed E-state index contributed by atoms with van der Waals surface area (Å²) in [7, 11) is 0. The molecule has 0 bridgehead atoms. The normalized spacial score (nSPS) is 41.4. The fourth-order valence-electron chi connectivity index (χ4n) is 5.47. The largest absolute Gasteiger partial charge is 0.357 e. The quantitative estimate of drug-likeness (QED) is 0.763. The van der Waals surface area contributed by atoms with Crippen molar-refractivity contribution in [3.8, 4) is 0 Å². The summed E-state index contributed by atoms with van der Waals surface area (Å²) in [5.41, 5.74) is 2.88. The van der Waals surface area contributed by atoms with Gasteiger partial charge in [0.15, 0.2) is 0 Å². The average Bonchev–Trinajstić information content (AvgIpc) is 2.55. The number of nitrogens with zero attached hydrogens (tertiary/aromatic N) is 1. The third-order valence-corrected chi connectivity index (χ3v) is 6.32. The van der Waals surface area contributed by atoms with Crippen molar-refractivity contribution in [1.82, 2.24) is 10.2 Å². The van der Waals surface area contributed by atoms with Crippen molar-refractivity contribution in [3.05, 3.63) is 29.8 Å². The number of rotatable bonds is 0. The van der Waals surface area contributed by atoms with Crippen LogP contribution >= 0.6 is 0 Å². The van der Waals surface area contributed by atoms with Crippen LogP contribution in [0.4, 0.5) is 5.69 Å². The highest BCUT2D eigenvalue weighted by atomic mass is 15.5. The smallest absolute Gasteiger partial charge is 0.135 e. The van der Waals surface area contributed by atoms with Gasteiger partial charge in [-0.1, -0.05) is 31.0 Å². The van der Waals surface area contributed by atoms with E-state index in [1.165, 1.54) is 56.2 Å². The highest BCUT2D eigenvalue weighted by Crippen LogP contribution is 2.48. The van der Waals surface area contributed by atoms with Crippen molar-refractivity contribution >= 4 is 5.69 Å². The SMILES string of the molecule is c1ccc2c(c1)NC1NC3CCCCC3C3CCCC2N13. The maximum atomic E-state index is 3.94. The first-order valence-corrected chi connectivity index (χ1v) is 8.81. The molecule has 5 rings (SSSR count). The fourth-order valence-corrected chi connectivity index (χ4v) is 5.47. The molecule has 1 saturated carbocycles. The number of piperidine rings is 1. The van der Waals surface area contributed by atoms with Crippen molar-refractivity contribution in [2.24, 2.45) is 5.92 Å². The van der Waals surface area contributed by atoms with Gasteiger partial charge in [-0.15, -0.1) is 0 Å². The molecule has 3 aliphatic heterocycles. The van der Waals surface area contributed by atoms with E-state index in [1.54, 1.807) is 0 Å². The Labute approximate surface area is 127 Å². The molecule has 3 heteroatoms. The number of fused-ring (bicyclic) bond motifs is 4. The van der Waals surface area contributed by atoms with Crippen LogP contribution in [-0.2, 0) is 0 Å². The Morgan fingerprint density at radius 1 is 0.952 bits per heavy atom. The maximum absolute atomic E-state index is 3.94. The van der Waals surface area contributed by atoms with Gasteiger partial charge in [-0.05, 0) is 49.7 Å². The molecule has 0 aromatic heterocycles. The van der Waals surface area contributed by atoms with E-state index >= 15 is 0 Å². The van der Waals surface area contributed by atoms with Crippen LogP contribution in [0.25, 0.3) is 0 Å². The van der Waals surface area contributed by atoms with E-state index in [1.807, 2.05) is 0 Å². The molecule has 3 nitrogen and oxygen atoms in total. The number of benzene rings is 1. The summed E-state index contributed by atoms with van der Waals surface area (Å²) >= 11 is 0. The Bertz CT molecular complexity index is 543. The average molecular weight is 283 g/mol. The van der Waals surface area contributed by atoms with Gasteiger partial charge in [0.2, 0.25) is 0 Å². The predicted molar refractivity (Wildman–Crippen MR) is 85.0 cm³/mol. The second-order valence-corrected chi connectivity index (χ2v) is 7.32. The lowest BCUT2D eigenvalue weighted by Crippen LogP contribution is -2.70. The van der Waals surface area contributed by atoms with E-state index in [4.69, 9.17) is 0 Å². The molecular formula is C18H25N3. The molecule has 0 radical (unpaired) electrons. The zero-order valence-electron chi connectivity index (χ0n) is 12.6. The Morgan fingerprint density at radius 3 is 2.86 bits per heavy atom. The first-order valence-electron chi connectivity index (χ1n) is 8.81. The Kier molecular flexibility index (Phi) is 2.80. The number of anilines is 1. The van der Waals surface area contributed by atoms with Crippen molar-refractivity contribution < 1.29 is 0 Å². The monoisotopic (exact) mass is 283 g/mol. The molecule has 1 aromatic carbocycles. The lowest BCUT2D eigenvalue weighted by Gasteiger charge is -2.59. The van der Waals surface area contributed by atoms with Crippen molar-refractivity contribution in [3.63, 3.8) is 0 Å². The molecule has 3 heterocycles. The molecule has 4 aliphatic rings. The Hall–Kier alpha value is -1.06. The molecular weight excluding hydrogens is 258 g/mol. The minimum Gasteiger partial charge on any atom is -0.357 e. The molecule has 5 atom stereocenters. The number of para-hydroxylation sites is 1. The second kappa shape index (κ2) is 4.72. The van der Waals surface area contributed by atoms with Gasteiger partial charge in [0, 0.05) is 23.8 Å². The Morgan fingerprint density at radius 2 is 1.86 bits per heavy atom. The standard InChI is InChI=1S/C18H25N3/c1-3-8-14-12(6-1)16-10-5-11-17-13-7-2-4-9-15(13)20-18(19-14)21(16)17/h1,3,6,8,13,15-20H,2,4-5,7,9-11H2. The number of hydrogen-bond acceptors (Lipinski definition) is 3. The van der Waals surface area contributed by atoms with Crippen LogP contribution in [0.5, 0.6) is 0 Å². The van der Waals surface area contributed by atoms with Crippen LogP contribution < -0.4 is 10.6 Å². The summed E-state index contributed by atoms with van der Waals surface area (Å²) in [5.74, 6) is 0.880. The molecule has 112 valence electrons. The van der Waals surface area contributed by atoms with Gasteiger partial charge in [0.05, 0.1) is 0 Å². The summed E-state index contributed by atoms with van der Waals surface area (Å²) in [6.07, 6.45) is 10.1. The minimum atomic E-state index is 0.356. The van der Waals surface area contributed by atoms with Gasteiger partial charge in [0.25, 0.3) is 0 Å². The van der Waals surface area contributed by atoms with E-state index in [2.05, 4.69) is 39.8 Å². The van der Waals surface area contributed by atoms with Crippen LogP contribution in [0.1, 0.15) is 56.6 Å². The molecule has 1 aromatic rings. The van der Waals surface area contributed by atoms with Crippen LogP contribution in [0.2, 0.25) is 0 Å². The third kappa shape index (κ3) is 1.80. The van der Waals surface area contributed by atoms with Crippen molar-refractivity contribution in [1.29, 1.82) is 0 Å². The maximum Gasteiger partial charge on any atom is 0.135 e. The first kappa shape index (κ1) is 12.5. The fraction of sp³-hybridized carbons (Fsp3) is 0.667. The van der Waals surface area contributed by atoms with Gasteiger partial charge in [-0.3, -0.25) is 10.2 Å². The topological polar surface area (TPSA) is 27.3 Å². The summed E-state index contributed by atoms with van der Waals surface area (Å²) in [6.45, 7) is 0. The second-order valence-electron chi connectivity index (χ2n) is 7.32. The predicted octanol–water partition coefficient (Wildman–Crippen LogP) is 3.45. The summed E-state index contributed by atoms with van der Waals surface area (Å²) in [4.78, 5) is 2.79. The minimum absolute atomic E-state index is 0.356. The summed E-state index contributed by atoms with van der Waals surface area (Å²) < 4.78 is 0. The van der Waals surface area contributed by atoms with Gasteiger partial charge in [0.1, 0.15) is 6.29 Å². The number of hydrogen-bond donors (Lipinski definition) is 2. The molecule has 21 heavy (non-hydrogen) atoms. The van der Waals surface area contributed by atoms with E-state index in [9.17, 15) is 0 Å². The zero-order valence-corrected chi connectivity index (χ0v) is 12.6. The first-order chi connectivity index (χ1) is 10.4. The van der Waals surface area contributed by atoms with Gasteiger partial charge < -0.3 is 5.32 Å². The van der Waals surface area contributed by atoms with Gasteiger partial charge in [-0.25, -0.2) is 0 Å². The van der Waals surface area contributed by atoms with E-state index in [0.29, 0.717) is 12.3 Å². The molecule has 3 fully saturated rings. The highest BCUT2D eigenvalue weighted by molar-refractivity contribution is 5.55. The molecule has 5 unspecified atom stereocenters. The van der Waals surface area contributed by atoms with E-state index < -0.39 is 0 Å². The Balaban J connectivity index is 1.56. The molecule has 2 saturated heterocycles. The van der Waals surface area contributed by atoms with Crippen molar-refractivity contribution in [2.45, 2.75) is 69.4 Å². The van der Waals surface area contributed by atoms with Crippen LogP contribution in [0.15, 0.2) is 24.3 Å². The van der Waals surface area contributed by atoms with Gasteiger partial charge in [-0.2, -0.15) is 0 Å². The zero-order chi connectivity index (χ0) is 13.8. The van der Waals surface area contributed by atoms with Gasteiger partial charge >= 0.3 is 0 Å².